The highest BCUT2D eigenvalue weighted by atomic mass is 16.5. The highest BCUT2D eigenvalue weighted by Crippen LogP contribution is 2.36. The van der Waals surface area contributed by atoms with E-state index in [-0.39, 0.29) is 23.7 Å². The van der Waals surface area contributed by atoms with Gasteiger partial charge >= 0.3 is 0 Å². The second-order valence-electron chi connectivity index (χ2n) is 10.4. The van der Waals surface area contributed by atoms with Crippen molar-refractivity contribution in [1.29, 1.82) is 0 Å². The molecule has 7 nitrogen and oxygen atoms in total. The van der Waals surface area contributed by atoms with Crippen molar-refractivity contribution < 1.29 is 23.9 Å². The minimum atomic E-state index is -0.500. The summed E-state index contributed by atoms with van der Waals surface area (Å²) >= 11 is 0. The molecule has 7 heteroatoms. The monoisotopic (exact) mass is 510 g/mol. The predicted molar refractivity (Wildman–Crippen MR) is 148 cm³/mol. The van der Waals surface area contributed by atoms with Gasteiger partial charge in [0.1, 0.15) is 11.5 Å². The molecule has 0 bridgehead atoms. The van der Waals surface area contributed by atoms with E-state index in [0.29, 0.717) is 22.7 Å². The first-order chi connectivity index (χ1) is 17.5. The normalized spacial score (nSPS) is 12.0. The standard InChI is InChI=1S/C30H42N2O5/c1-8-9-10-11-12-21(24-15-14-23(36-6)19-27(24)37-7)18-28(34)32-26-17-22(29(35)31-20(2)33)13-16-25(26)30(3,4)5/h13-17,19,21H,8-12,18H2,1-7H3,(H,32,34)(H,31,33,35). The number of imide groups is 1. The summed E-state index contributed by atoms with van der Waals surface area (Å²) < 4.78 is 11.0. The molecule has 1 atom stereocenters. The third-order valence-electron chi connectivity index (χ3n) is 6.37. The maximum atomic E-state index is 13.4. The zero-order valence-corrected chi connectivity index (χ0v) is 23.3. The van der Waals surface area contributed by atoms with Crippen LogP contribution in [0.2, 0.25) is 0 Å². The van der Waals surface area contributed by atoms with Crippen LogP contribution in [0.1, 0.15) is 101 Å². The molecule has 0 aliphatic carbocycles. The average molecular weight is 511 g/mol. The molecule has 0 radical (unpaired) electrons. The molecule has 3 amide bonds. The SMILES string of the molecule is CCCCCCC(CC(=O)Nc1cc(C(=O)NC(C)=O)ccc1C(C)(C)C)c1ccc(OC)cc1OC. The Bertz CT molecular complexity index is 1090. The Balaban J connectivity index is 2.35. The van der Waals surface area contributed by atoms with Gasteiger partial charge < -0.3 is 14.8 Å². The van der Waals surface area contributed by atoms with Gasteiger partial charge in [0, 0.05) is 30.7 Å². The lowest BCUT2D eigenvalue weighted by molar-refractivity contribution is -0.118. The maximum absolute atomic E-state index is 13.4. The number of rotatable bonds is 12. The van der Waals surface area contributed by atoms with E-state index in [9.17, 15) is 14.4 Å². The van der Waals surface area contributed by atoms with Crippen molar-refractivity contribution in [2.75, 3.05) is 19.5 Å². The maximum Gasteiger partial charge on any atom is 0.257 e. The summed E-state index contributed by atoms with van der Waals surface area (Å²) in [6.07, 6.45) is 5.53. The number of amides is 3. The highest BCUT2D eigenvalue weighted by Gasteiger charge is 2.24. The van der Waals surface area contributed by atoms with Crippen molar-refractivity contribution in [1.82, 2.24) is 5.32 Å². The van der Waals surface area contributed by atoms with Crippen LogP contribution in [0.3, 0.4) is 0 Å². The Morgan fingerprint density at radius 3 is 2.27 bits per heavy atom. The van der Waals surface area contributed by atoms with Gasteiger partial charge in [-0.25, -0.2) is 0 Å². The van der Waals surface area contributed by atoms with Crippen molar-refractivity contribution in [2.45, 2.75) is 84.5 Å². The smallest absolute Gasteiger partial charge is 0.257 e. The van der Waals surface area contributed by atoms with Crippen LogP contribution in [0, 0.1) is 0 Å². The van der Waals surface area contributed by atoms with E-state index in [1.807, 2.05) is 45.0 Å². The van der Waals surface area contributed by atoms with Gasteiger partial charge in [0.05, 0.1) is 14.2 Å². The van der Waals surface area contributed by atoms with Gasteiger partial charge in [0.15, 0.2) is 0 Å². The second kappa shape index (κ2) is 13.8. The van der Waals surface area contributed by atoms with Gasteiger partial charge in [0.25, 0.3) is 5.91 Å². The first-order valence-electron chi connectivity index (χ1n) is 13.0. The fraction of sp³-hybridized carbons (Fsp3) is 0.500. The van der Waals surface area contributed by atoms with E-state index in [0.717, 1.165) is 43.2 Å². The number of nitrogens with one attached hydrogen (secondary N) is 2. The summed E-state index contributed by atoms with van der Waals surface area (Å²) in [5, 5.41) is 5.35. The first-order valence-corrected chi connectivity index (χ1v) is 13.0. The minimum absolute atomic E-state index is 0.0417. The largest absolute Gasteiger partial charge is 0.497 e. The zero-order valence-electron chi connectivity index (χ0n) is 23.3. The van der Waals surface area contributed by atoms with Crippen LogP contribution in [-0.4, -0.2) is 31.9 Å². The molecule has 37 heavy (non-hydrogen) atoms. The number of carbonyl (C=O) groups is 3. The third-order valence-corrected chi connectivity index (χ3v) is 6.37. The number of unbranched alkanes of at least 4 members (excludes halogenated alkanes) is 3. The number of methoxy groups -OCH3 is 2. The lowest BCUT2D eigenvalue weighted by atomic mass is 9.84. The van der Waals surface area contributed by atoms with E-state index in [1.54, 1.807) is 26.4 Å². The van der Waals surface area contributed by atoms with Crippen LogP contribution in [0.15, 0.2) is 36.4 Å². The average Bonchev–Trinajstić information content (AvgIpc) is 2.84. The molecule has 202 valence electrons. The van der Waals surface area contributed by atoms with Gasteiger partial charge in [-0.1, -0.05) is 65.5 Å². The summed E-state index contributed by atoms with van der Waals surface area (Å²) in [7, 11) is 3.24. The fourth-order valence-electron chi connectivity index (χ4n) is 4.44. The van der Waals surface area contributed by atoms with Crippen molar-refractivity contribution in [3.05, 3.63) is 53.1 Å². The van der Waals surface area contributed by atoms with Crippen LogP contribution in [0.5, 0.6) is 11.5 Å². The van der Waals surface area contributed by atoms with Gasteiger partial charge in [-0.2, -0.15) is 0 Å². The lowest BCUT2D eigenvalue weighted by Gasteiger charge is -2.25. The summed E-state index contributed by atoms with van der Waals surface area (Å²) in [6, 6.07) is 10.9. The summed E-state index contributed by atoms with van der Waals surface area (Å²) in [5.41, 5.74) is 2.49. The molecule has 0 saturated heterocycles. The van der Waals surface area contributed by atoms with Crippen LogP contribution in [0.25, 0.3) is 0 Å². The molecule has 2 aromatic carbocycles. The Kier molecular flexibility index (Phi) is 11.2. The molecule has 0 heterocycles. The van der Waals surface area contributed by atoms with E-state index in [4.69, 9.17) is 9.47 Å². The number of hydrogen-bond donors (Lipinski definition) is 2. The molecule has 0 aliphatic rings. The first kappa shape index (κ1) is 29.9. The van der Waals surface area contributed by atoms with E-state index >= 15 is 0 Å². The fourth-order valence-corrected chi connectivity index (χ4v) is 4.44. The van der Waals surface area contributed by atoms with E-state index in [1.165, 1.54) is 6.92 Å². The summed E-state index contributed by atoms with van der Waals surface area (Å²) in [5.74, 6) is 0.277. The third kappa shape index (κ3) is 8.92. The molecular weight excluding hydrogens is 468 g/mol. The number of hydrogen-bond acceptors (Lipinski definition) is 5. The molecule has 0 aromatic heterocycles. The molecule has 0 spiro atoms. The van der Waals surface area contributed by atoms with Crippen LogP contribution in [0.4, 0.5) is 5.69 Å². The summed E-state index contributed by atoms with van der Waals surface area (Å²) in [6.45, 7) is 9.61. The summed E-state index contributed by atoms with van der Waals surface area (Å²) in [4.78, 5) is 37.2. The van der Waals surface area contributed by atoms with Gasteiger partial charge in [-0.15, -0.1) is 0 Å². The molecular formula is C30H42N2O5. The van der Waals surface area contributed by atoms with Crippen molar-refractivity contribution in [3.63, 3.8) is 0 Å². The lowest BCUT2D eigenvalue weighted by Crippen LogP contribution is -2.28. The Morgan fingerprint density at radius 1 is 0.946 bits per heavy atom. The topological polar surface area (TPSA) is 93.7 Å². The second-order valence-corrected chi connectivity index (χ2v) is 10.4. The van der Waals surface area contributed by atoms with Crippen LogP contribution >= 0.6 is 0 Å². The molecule has 0 fully saturated rings. The Labute approximate surface area is 221 Å². The minimum Gasteiger partial charge on any atom is -0.497 e. The molecule has 0 aliphatic heterocycles. The molecule has 0 saturated carbocycles. The van der Waals surface area contributed by atoms with Gasteiger partial charge in [0.2, 0.25) is 11.8 Å². The molecule has 1 unspecified atom stereocenters. The molecule has 2 rings (SSSR count). The van der Waals surface area contributed by atoms with Gasteiger partial charge in [-0.05, 0) is 47.1 Å². The quantitative estimate of drug-likeness (QED) is 0.324. The Morgan fingerprint density at radius 2 is 1.68 bits per heavy atom. The Hall–Kier alpha value is -3.35. The number of ether oxygens (including phenoxy) is 2. The van der Waals surface area contributed by atoms with E-state index in [2.05, 4.69) is 17.6 Å². The van der Waals surface area contributed by atoms with Crippen molar-refractivity contribution >= 4 is 23.4 Å². The van der Waals surface area contributed by atoms with E-state index < -0.39 is 11.8 Å². The van der Waals surface area contributed by atoms with Crippen LogP contribution in [-0.2, 0) is 15.0 Å². The highest BCUT2D eigenvalue weighted by molar-refractivity contribution is 6.05. The van der Waals surface area contributed by atoms with Gasteiger partial charge in [-0.3, -0.25) is 19.7 Å². The number of carbonyl (C=O) groups excluding carboxylic acids is 3. The molecule has 2 aromatic rings. The van der Waals surface area contributed by atoms with Crippen molar-refractivity contribution in [3.8, 4) is 11.5 Å². The van der Waals surface area contributed by atoms with Crippen LogP contribution < -0.4 is 20.1 Å². The predicted octanol–water partition coefficient (Wildman–Crippen LogP) is 6.36. The number of benzene rings is 2. The zero-order chi connectivity index (χ0) is 27.6. The molecule has 2 N–H and O–H groups in total. The van der Waals surface area contributed by atoms with Crippen molar-refractivity contribution in [2.24, 2.45) is 0 Å². The number of anilines is 1.